The fourth-order valence-electron chi connectivity index (χ4n) is 5.99. The Bertz CT molecular complexity index is 1110. The second-order valence-electron chi connectivity index (χ2n) is 13.9. The van der Waals surface area contributed by atoms with Crippen LogP contribution in [0.1, 0.15) is 93.9 Å². The predicted molar refractivity (Wildman–Crippen MR) is 229 cm³/mol. The van der Waals surface area contributed by atoms with Crippen LogP contribution in [0.25, 0.3) is 0 Å². The maximum absolute atomic E-state index is 12.3. The van der Waals surface area contributed by atoms with Crippen LogP contribution in [0.3, 0.4) is 0 Å². The van der Waals surface area contributed by atoms with E-state index in [1.807, 2.05) is 40.8 Å². The Kier molecular flexibility index (Phi) is 28.1. The van der Waals surface area contributed by atoms with E-state index in [9.17, 15) is 19.2 Å². The molecule has 5 atom stereocenters. The first-order chi connectivity index (χ1) is 25.4. The van der Waals surface area contributed by atoms with E-state index in [4.69, 9.17) is 36.3 Å². The van der Waals surface area contributed by atoms with Crippen molar-refractivity contribution in [3.8, 4) is 0 Å². The summed E-state index contributed by atoms with van der Waals surface area (Å²) in [6, 6.07) is 1.29. The van der Waals surface area contributed by atoms with Gasteiger partial charge in [-0.1, -0.05) is 43.9 Å². The van der Waals surface area contributed by atoms with Crippen molar-refractivity contribution < 1.29 is 55.5 Å². The van der Waals surface area contributed by atoms with Crippen molar-refractivity contribution in [3.05, 3.63) is 0 Å². The van der Waals surface area contributed by atoms with Crippen LogP contribution in [-0.2, 0) is 55.5 Å². The summed E-state index contributed by atoms with van der Waals surface area (Å²) in [4.78, 5) is 47.7. The van der Waals surface area contributed by atoms with Crippen LogP contribution in [-0.4, -0.2) is 118 Å². The zero-order valence-electron chi connectivity index (χ0n) is 35.1. The summed E-state index contributed by atoms with van der Waals surface area (Å²) in [5.41, 5.74) is -1.57. The van der Waals surface area contributed by atoms with Gasteiger partial charge in [-0.05, 0) is 76.9 Å². The third-order valence-electron chi connectivity index (χ3n) is 9.42. The normalized spacial score (nSPS) is 17.6. The van der Waals surface area contributed by atoms with Gasteiger partial charge >= 0.3 is 29.1 Å². The molecule has 318 valence electrons. The van der Waals surface area contributed by atoms with Gasteiger partial charge in [0, 0.05) is 77.5 Å². The molecule has 0 spiro atoms. The van der Waals surface area contributed by atoms with Gasteiger partial charge in [-0.15, -0.1) is 0 Å². The van der Waals surface area contributed by atoms with Crippen LogP contribution in [0.5, 0.6) is 0 Å². The fraction of sp³-hybridized carbons (Fsp3) is 0.889. The molecule has 0 saturated carbocycles. The number of rotatable bonds is 33. The highest BCUT2D eigenvalue weighted by Crippen LogP contribution is 2.44. The van der Waals surface area contributed by atoms with Gasteiger partial charge in [0.05, 0.1) is 12.0 Å². The molecule has 0 radical (unpaired) electrons. The van der Waals surface area contributed by atoms with Gasteiger partial charge in [0.1, 0.15) is 13.2 Å². The first-order valence-electron chi connectivity index (χ1n) is 19.4. The van der Waals surface area contributed by atoms with E-state index in [2.05, 4.69) is 19.2 Å². The van der Waals surface area contributed by atoms with E-state index in [0.717, 1.165) is 12.8 Å². The van der Waals surface area contributed by atoms with Crippen molar-refractivity contribution in [2.24, 2.45) is 10.8 Å². The Morgan fingerprint density at radius 3 is 1.57 bits per heavy atom. The molecule has 0 aromatic rings. The summed E-state index contributed by atoms with van der Waals surface area (Å²) in [7, 11) is -6.77. The number of hydrogen-bond acceptors (Lipinski definition) is 15. The topological polar surface area (TPSA) is 142 Å². The molecule has 5 unspecified atom stereocenters. The number of carbonyl (C=O) groups excluding carboxylic acids is 4. The average molecular weight is 877 g/mol. The number of thioether (sulfide) groups is 2. The van der Waals surface area contributed by atoms with E-state index >= 15 is 0 Å². The van der Waals surface area contributed by atoms with Crippen molar-refractivity contribution in [2.45, 2.75) is 131 Å². The molecule has 0 aliphatic heterocycles. The van der Waals surface area contributed by atoms with Crippen LogP contribution in [0.4, 0.5) is 0 Å². The van der Waals surface area contributed by atoms with Gasteiger partial charge in [0.2, 0.25) is 0 Å². The standard InChI is InChI=1S/C36H72O12S3Si3/c1-12-34(25-41-30(5)37,26-45-53(10,44-15-4)23-17-21-50-32(7)39)27-46-54(11,24-18-22-51-33(8)40)47-29-35(13-2,28-42-31(6)38)36(43-14-3,48-52-9)19-16-20-49/h49H,12-29,52H2,1-11H3. The zero-order chi connectivity index (χ0) is 41.3. The minimum Gasteiger partial charge on any atom is -0.465 e. The van der Waals surface area contributed by atoms with E-state index < -0.39 is 55.4 Å². The SMILES string of the molecule is CCOC(CCCS)(O[SiH2]C)C(CC)(COC(C)=O)CO[Si](C)(CCCSC(C)=O)OCC(CC)(COC(C)=O)CO[Si](C)(CCCSC(C)=O)OCC. The Balaban J connectivity index is 6.82. The largest absolute Gasteiger partial charge is 0.465 e. The Morgan fingerprint density at radius 2 is 1.17 bits per heavy atom. The molecular formula is C36H72O12S3Si3. The average Bonchev–Trinajstić information content (AvgIpc) is 3.11. The predicted octanol–water partition coefficient (Wildman–Crippen LogP) is 7.07. The molecule has 0 aliphatic carbocycles. The van der Waals surface area contributed by atoms with Gasteiger partial charge < -0.3 is 36.3 Å². The lowest BCUT2D eigenvalue weighted by atomic mass is 9.75. The zero-order valence-corrected chi connectivity index (χ0v) is 41.0. The maximum Gasteiger partial charge on any atom is 0.335 e. The lowest BCUT2D eigenvalue weighted by Crippen LogP contribution is -2.59. The molecule has 0 aromatic heterocycles. The minimum atomic E-state index is -3.10. The Morgan fingerprint density at radius 1 is 0.667 bits per heavy atom. The van der Waals surface area contributed by atoms with E-state index in [0.29, 0.717) is 68.2 Å². The first-order valence-corrected chi connectivity index (χ1v) is 29.0. The molecule has 0 N–H and O–H groups in total. The quantitative estimate of drug-likeness (QED) is 0.0236. The Labute approximate surface area is 344 Å². The molecule has 0 saturated heterocycles. The molecular weight excluding hydrogens is 805 g/mol. The molecule has 0 bridgehead atoms. The van der Waals surface area contributed by atoms with Crippen LogP contribution in [0, 0.1) is 10.8 Å². The first kappa shape index (κ1) is 53.7. The summed E-state index contributed by atoms with van der Waals surface area (Å²) in [5, 5.41) is 0.125. The van der Waals surface area contributed by atoms with Crippen molar-refractivity contribution in [3.63, 3.8) is 0 Å². The van der Waals surface area contributed by atoms with Gasteiger partial charge in [-0.25, -0.2) is 0 Å². The molecule has 0 heterocycles. The monoisotopic (exact) mass is 876 g/mol. The lowest BCUT2D eigenvalue weighted by molar-refractivity contribution is -0.278. The molecule has 12 nitrogen and oxygen atoms in total. The van der Waals surface area contributed by atoms with Crippen LogP contribution >= 0.6 is 36.2 Å². The van der Waals surface area contributed by atoms with Crippen molar-refractivity contribution in [1.82, 2.24) is 0 Å². The van der Waals surface area contributed by atoms with E-state index in [-0.39, 0.29) is 43.3 Å². The van der Waals surface area contributed by atoms with Crippen molar-refractivity contribution in [2.75, 3.05) is 63.5 Å². The van der Waals surface area contributed by atoms with Gasteiger partial charge in [0.25, 0.3) is 0 Å². The smallest absolute Gasteiger partial charge is 0.335 e. The maximum atomic E-state index is 12.3. The molecule has 18 heteroatoms. The van der Waals surface area contributed by atoms with Crippen molar-refractivity contribution >= 4 is 85.2 Å². The third kappa shape index (κ3) is 20.4. The number of hydrogen-bond donors (Lipinski definition) is 1. The number of ether oxygens (including phenoxy) is 3. The van der Waals surface area contributed by atoms with Crippen LogP contribution in [0.15, 0.2) is 0 Å². The summed E-state index contributed by atoms with van der Waals surface area (Å²) in [5.74, 6) is 0.0619. The summed E-state index contributed by atoms with van der Waals surface area (Å²) in [6.07, 6.45) is 3.85. The second-order valence-corrected chi connectivity index (χ2v) is 24.5. The molecule has 0 aliphatic rings. The van der Waals surface area contributed by atoms with E-state index in [1.54, 1.807) is 13.8 Å². The summed E-state index contributed by atoms with van der Waals surface area (Å²) in [6.45, 7) is 21.5. The highest BCUT2D eigenvalue weighted by Gasteiger charge is 2.54. The summed E-state index contributed by atoms with van der Waals surface area (Å²) >= 11 is 7.06. The van der Waals surface area contributed by atoms with Crippen molar-refractivity contribution in [1.29, 1.82) is 0 Å². The number of esters is 2. The molecule has 0 fully saturated rings. The van der Waals surface area contributed by atoms with Gasteiger partial charge in [0.15, 0.2) is 25.8 Å². The highest BCUT2D eigenvalue weighted by molar-refractivity contribution is 8.13. The second kappa shape index (κ2) is 28.2. The third-order valence-corrected chi connectivity index (χ3v) is 18.0. The Hall–Kier alpha value is -0.259. The van der Waals surface area contributed by atoms with Gasteiger partial charge in [-0.3, -0.25) is 19.2 Å². The highest BCUT2D eigenvalue weighted by atomic mass is 32.2. The minimum absolute atomic E-state index is 0.0369. The molecule has 54 heavy (non-hydrogen) atoms. The molecule has 0 amide bonds. The number of carbonyl (C=O) groups is 4. The number of thiol groups is 1. The lowest BCUT2D eigenvalue weighted by Gasteiger charge is -2.50. The fourth-order valence-corrected chi connectivity index (χ4v) is 13.6. The molecule has 0 rings (SSSR count). The van der Waals surface area contributed by atoms with E-state index in [1.165, 1.54) is 37.4 Å². The van der Waals surface area contributed by atoms with Gasteiger partial charge in [-0.2, -0.15) is 12.6 Å². The summed E-state index contributed by atoms with van der Waals surface area (Å²) < 4.78 is 51.4. The van der Waals surface area contributed by atoms with Crippen LogP contribution < -0.4 is 0 Å². The van der Waals surface area contributed by atoms with Crippen LogP contribution in [0.2, 0.25) is 31.7 Å². The molecule has 0 aromatic carbocycles.